The van der Waals surface area contributed by atoms with Crippen LogP contribution in [0.5, 0.6) is 0 Å². The molecule has 0 fully saturated rings. The minimum atomic E-state index is -1.41. The van der Waals surface area contributed by atoms with E-state index in [1.165, 1.54) is 18.3 Å². The fourth-order valence-electron chi connectivity index (χ4n) is 3.16. The number of nitrogens with two attached hydrogens (primary N) is 1. The number of nitro groups is 1. The molecule has 2 aromatic carbocycles. The molecule has 1 heterocycles. The van der Waals surface area contributed by atoms with Crippen LogP contribution in [0.15, 0.2) is 60.8 Å². The highest BCUT2D eigenvalue weighted by atomic mass is 16.6. The van der Waals surface area contributed by atoms with Gasteiger partial charge in [-0.2, -0.15) is 0 Å². The van der Waals surface area contributed by atoms with Gasteiger partial charge in [0.15, 0.2) is 5.54 Å². The molecule has 0 saturated heterocycles. The van der Waals surface area contributed by atoms with E-state index in [1.54, 1.807) is 12.1 Å². The van der Waals surface area contributed by atoms with E-state index in [4.69, 9.17) is 10.5 Å². The summed E-state index contributed by atoms with van der Waals surface area (Å²) in [5.74, 6) is -0.292. The zero-order valence-corrected chi connectivity index (χ0v) is 16.9. The van der Waals surface area contributed by atoms with Crippen molar-refractivity contribution in [3.05, 3.63) is 82.2 Å². The van der Waals surface area contributed by atoms with Gasteiger partial charge in [0.2, 0.25) is 0 Å². The number of hydrogen-bond acceptors (Lipinski definition) is 6. The van der Waals surface area contributed by atoms with Gasteiger partial charge in [0.25, 0.3) is 5.69 Å². The highest BCUT2D eigenvalue weighted by Gasteiger charge is 2.44. The number of carbonyl (C=O) groups excluding carboxylic acids is 1. The van der Waals surface area contributed by atoms with E-state index in [0.29, 0.717) is 23.5 Å². The van der Waals surface area contributed by atoms with E-state index in [9.17, 15) is 14.9 Å². The van der Waals surface area contributed by atoms with Crippen molar-refractivity contribution in [2.45, 2.75) is 32.4 Å². The van der Waals surface area contributed by atoms with Gasteiger partial charge in [0.1, 0.15) is 12.4 Å². The number of hydrogen-bond donors (Lipinski definition) is 2. The summed E-state index contributed by atoms with van der Waals surface area (Å²) in [6, 6.07) is 15.4. The first-order valence-electron chi connectivity index (χ1n) is 9.66. The molecule has 8 heteroatoms. The SMILES string of the molecule is CCC(C)[C@@](N)(C(=O)OCc1ccccc1)c1cnc(-c2ccc([N+](=O)[O-])cc2)[nH]1. The zero-order valence-electron chi connectivity index (χ0n) is 16.9. The summed E-state index contributed by atoms with van der Waals surface area (Å²) in [5, 5.41) is 10.8. The fourth-order valence-corrected chi connectivity index (χ4v) is 3.16. The molecular weight excluding hydrogens is 384 g/mol. The standard InChI is InChI=1S/C22H24N4O4/c1-3-15(2)22(23,21(27)30-14-16-7-5-4-6-8-16)19-13-24-20(25-19)17-9-11-18(12-10-17)26(28)29/h4-13,15H,3,14,23H2,1-2H3,(H,24,25)/t15?,22-/m0/s1. The number of carbonyl (C=O) groups is 1. The maximum atomic E-state index is 13.0. The summed E-state index contributed by atoms with van der Waals surface area (Å²) < 4.78 is 5.54. The molecule has 1 aromatic heterocycles. The molecule has 3 aromatic rings. The minimum absolute atomic E-state index is 0.0113. The molecule has 0 aliphatic carbocycles. The van der Waals surface area contributed by atoms with Gasteiger partial charge in [-0.25, -0.2) is 9.78 Å². The molecule has 0 saturated carbocycles. The van der Waals surface area contributed by atoms with Crippen LogP contribution >= 0.6 is 0 Å². The molecule has 30 heavy (non-hydrogen) atoms. The Morgan fingerprint density at radius 2 is 1.90 bits per heavy atom. The Labute approximate surface area is 174 Å². The van der Waals surface area contributed by atoms with Gasteiger partial charge in [-0.05, 0) is 23.6 Å². The van der Waals surface area contributed by atoms with Crippen molar-refractivity contribution in [3.63, 3.8) is 0 Å². The summed E-state index contributed by atoms with van der Waals surface area (Å²) in [4.78, 5) is 30.9. The van der Waals surface area contributed by atoms with Gasteiger partial charge >= 0.3 is 5.97 Å². The van der Waals surface area contributed by atoms with Crippen molar-refractivity contribution < 1.29 is 14.5 Å². The monoisotopic (exact) mass is 408 g/mol. The van der Waals surface area contributed by atoms with Crippen molar-refractivity contribution >= 4 is 11.7 Å². The number of nitrogens with one attached hydrogen (secondary N) is 1. The Kier molecular flexibility index (Phi) is 6.27. The second-order valence-electron chi connectivity index (χ2n) is 7.19. The molecule has 3 rings (SSSR count). The molecule has 8 nitrogen and oxygen atoms in total. The van der Waals surface area contributed by atoms with Crippen LogP contribution in [-0.2, 0) is 21.7 Å². The maximum absolute atomic E-state index is 13.0. The first kappa shape index (κ1) is 21.2. The van der Waals surface area contributed by atoms with Crippen LogP contribution in [0.3, 0.4) is 0 Å². The van der Waals surface area contributed by atoms with E-state index in [2.05, 4.69) is 9.97 Å². The predicted molar refractivity (Wildman–Crippen MR) is 112 cm³/mol. The molecule has 0 bridgehead atoms. The van der Waals surface area contributed by atoms with Crippen molar-refractivity contribution in [2.24, 2.45) is 11.7 Å². The molecule has 0 radical (unpaired) electrons. The number of esters is 1. The van der Waals surface area contributed by atoms with Crippen LogP contribution in [0.1, 0.15) is 31.5 Å². The first-order chi connectivity index (χ1) is 14.4. The van der Waals surface area contributed by atoms with Crippen LogP contribution in [0.4, 0.5) is 5.69 Å². The van der Waals surface area contributed by atoms with Crippen LogP contribution < -0.4 is 5.73 Å². The molecule has 0 spiro atoms. The number of imidazole rings is 1. The number of H-pyrrole nitrogens is 1. The Hall–Kier alpha value is -3.52. The first-order valence-corrected chi connectivity index (χ1v) is 9.66. The Bertz CT molecular complexity index is 1020. The fraction of sp³-hybridized carbons (Fsp3) is 0.273. The highest BCUT2D eigenvalue weighted by molar-refractivity contribution is 5.82. The number of aromatic amines is 1. The normalized spacial score (nSPS) is 14.0. The summed E-state index contributed by atoms with van der Waals surface area (Å²) in [5.41, 5.74) is 7.13. The molecule has 2 atom stereocenters. The molecule has 0 amide bonds. The Morgan fingerprint density at radius 1 is 1.23 bits per heavy atom. The minimum Gasteiger partial charge on any atom is -0.459 e. The number of aromatic nitrogens is 2. The molecule has 156 valence electrons. The maximum Gasteiger partial charge on any atom is 0.332 e. The lowest BCUT2D eigenvalue weighted by molar-refractivity contribution is -0.384. The van der Waals surface area contributed by atoms with Gasteiger partial charge in [0, 0.05) is 17.7 Å². The second-order valence-corrected chi connectivity index (χ2v) is 7.19. The van der Waals surface area contributed by atoms with Crippen LogP contribution in [-0.4, -0.2) is 20.9 Å². The smallest absolute Gasteiger partial charge is 0.332 e. The molecule has 1 unspecified atom stereocenters. The lowest BCUT2D eigenvalue weighted by Gasteiger charge is -2.31. The number of nitrogens with zero attached hydrogens (tertiary/aromatic N) is 2. The van der Waals surface area contributed by atoms with Crippen LogP contribution in [0.2, 0.25) is 0 Å². The zero-order chi connectivity index (χ0) is 21.7. The highest BCUT2D eigenvalue weighted by Crippen LogP contribution is 2.32. The number of rotatable bonds is 8. The Morgan fingerprint density at radius 3 is 2.50 bits per heavy atom. The van der Waals surface area contributed by atoms with Gasteiger partial charge in [0.05, 0.1) is 16.8 Å². The van der Waals surface area contributed by atoms with Crippen molar-refractivity contribution in [2.75, 3.05) is 0 Å². The van der Waals surface area contributed by atoms with Gasteiger partial charge in [-0.3, -0.25) is 10.1 Å². The van der Waals surface area contributed by atoms with Gasteiger partial charge in [-0.15, -0.1) is 0 Å². The third-order valence-corrected chi connectivity index (χ3v) is 5.31. The molecule has 3 N–H and O–H groups in total. The summed E-state index contributed by atoms with van der Waals surface area (Å²) >= 11 is 0. The summed E-state index contributed by atoms with van der Waals surface area (Å²) in [6.45, 7) is 3.96. The lowest BCUT2D eigenvalue weighted by Crippen LogP contribution is -2.51. The van der Waals surface area contributed by atoms with Gasteiger partial charge in [-0.1, -0.05) is 50.6 Å². The van der Waals surface area contributed by atoms with Crippen molar-refractivity contribution in [3.8, 4) is 11.4 Å². The van der Waals surface area contributed by atoms with Crippen molar-refractivity contribution in [1.29, 1.82) is 0 Å². The van der Waals surface area contributed by atoms with E-state index < -0.39 is 16.4 Å². The largest absolute Gasteiger partial charge is 0.459 e. The predicted octanol–water partition coefficient (Wildman–Crippen LogP) is 3.93. The van der Waals surface area contributed by atoms with Crippen LogP contribution in [0.25, 0.3) is 11.4 Å². The number of ether oxygens (including phenoxy) is 1. The van der Waals surface area contributed by atoms with E-state index in [1.807, 2.05) is 44.2 Å². The van der Waals surface area contributed by atoms with Crippen LogP contribution in [0, 0.1) is 16.0 Å². The third kappa shape index (κ3) is 4.23. The van der Waals surface area contributed by atoms with E-state index >= 15 is 0 Å². The molecular formula is C22H24N4O4. The number of nitro benzene ring substituents is 1. The molecule has 0 aliphatic heterocycles. The van der Waals surface area contributed by atoms with E-state index in [-0.39, 0.29) is 18.2 Å². The average molecular weight is 408 g/mol. The topological polar surface area (TPSA) is 124 Å². The Balaban J connectivity index is 1.86. The third-order valence-electron chi connectivity index (χ3n) is 5.31. The average Bonchev–Trinajstić information content (AvgIpc) is 3.27. The summed E-state index contributed by atoms with van der Waals surface area (Å²) in [7, 11) is 0. The van der Waals surface area contributed by atoms with E-state index in [0.717, 1.165) is 5.56 Å². The summed E-state index contributed by atoms with van der Waals surface area (Å²) in [6.07, 6.45) is 2.18. The molecule has 0 aliphatic rings. The number of non-ortho nitro benzene ring substituents is 1. The van der Waals surface area contributed by atoms with Crippen molar-refractivity contribution in [1.82, 2.24) is 9.97 Å². The number of benzene rings is 2. The lowest BCUT2D eigenvalue weighted by atomic mass is 9.81. The second kappa shape index (κ2) is 8.87. The van der Waals surface area contributed by atoms with Gasteiger partial charge < -0.3 is 15.5 Å². The quantitative estimate of drug-likeness (QED) is 0.331.